The van der Waals surface area contributed by atoms with Crippen molar-refractivity contribution in [3.63, 3.8) is 0 Å². The number of nitrogens with one attached hydrogen (secondary N) is 1. The first-order valence-electron chi connectivity index (χ1n) is 3.55. The van der Waals surface area contributed by atoms with Crippen molar-refractivity contribution in [3.8, 4) is 0 Å². The van der Waals surface area contributed by atoms with E-state index in [0.29, 0.717) is 11.2 Å². The summed E-state index contributed by atoms with van der Waals surface area (Å²) in [5, 5.41) is 13.2. The molecule has 2 atom stereocenters. The maximum atomic E-state index is 10.9. The second kappa shape index (κ2) is 2.64. The van der Waals surface area contributed by atoms with Gasteiger partial charge in [-0.25, -0.2) is 0 Å². The van der Waals surface area contributed by atoms with Gasteiger partial charge in [-0.15, -0.1) is 0 Å². The molecule has 1 aliphatic rings. The molecule has 0 aliphatic carbocycles. The van der Waals surface area contributed by atoms with Crippen molar-refractivity contribution in [2.24, 2.45) is 0 Å². The van der Waals surface area contributed by atoms with Gasteiger partial charge in [-0.05, 0) is 13.8 Å². The second-order valence-corrected chi connectivity index (χ2v) is 2.57. The highest BCUT2D eigenvalue weighted by atomic mass is 16.6. The van der Waals surface area contributed by atoms with Crippen LogP contribution in [-0.4, -0.2) is 24.1 Å². The molecule has 0 aromatic heterocycles. The maximum Gasteiger partial charge on any atom is 0.0963 e. The van der Waals surface area contributed by atoms with Crippen LogP contribution in [0.25, 0.3) is 0 Å². The Morgan fingerprint density at radius 3 is 2.67 bits per heavy atom. The Hall–Kier alpha value is -0.120. The van der Waals surface area contributed by atoms with E-state index >= 15 is 0 Å². The lowest BCUT2D eigenvalue weighted by atomic mass is 10.3. The Kier molecular flexibility index (Phi) is 2.05. The van der Waals surface area contributed by atoms with Gasteiger partial charge >= 0.3 is 0 Å². The smallest absolute Gasteiger partial charge is 0.0963 e. The third-order valence-corrected chi connectivity index (χ3v) is 1.97. The van der Waals surface area contributed by atoms with Crippen LogP contribution < -0.4 is 5.17 Å². The monoisotopic (exact) mass is 130 g/mol. The van der Waals surface area contributed by atoms with Crippen LogP contribution in [0.5, 0.6) is 0 Å². The summed E-state index contributed by atoms with van der Waals surface area (Å²) in [7, 11) is 0. The molecular formula is C6H14N2O. The Balaban J connectivity index is 2.44. The molecule has 0 aromatic carbocycles. The van der Waals surface area contributed by atoms with Gasteiger partial charge in [0.05, 0.1) is 12.6 Å². The highest BCUT2D eigenvalue weighted by molar-refractivity contribution is 4.61. The number of rotatable bonds is 1. The Labute approximate surface area is 55.8 Å². The highest BCUT2D eigenvalue weighted by Gasteiger charge is 2.25. The minimum Gasteiger partial charge on any atom is -0.613 e. The van der Waals surface area contributed by atoms with Crippen LogP contribution in [0, 0.1) is 5.21 Å². The van der Waals surface area contributed by atoms with Crippen LogP contribution in [0.4, 0.5) is 0 Å². The summed E-state index contributed by atoms with van der Waals surface area (Å²) in [6, 6.07) is 0.488. The lowest BCUT2D eigenvalue weighted by molar-refractivity contribution is -0.958. The van der Waals surface area contributed by atoms with E-state index in [1.54, 1.807) is 0 Å². The number of quaternary nitrogens is 1. The Morgan fingerprint density at radius 1 is 1.78 bits per heavy atom. The summed E-state index contributed by atoms with van der Waals surface area (Å²) >= 11 is 0. The zero-order valence-corrected chi connectivity index (χ0v) is 6.05. The largest absolute Gasteiger partial charge is 0.613 e. The van der Waals surface area contributed by atoms with Gasteiger partial charge in [0.25, 0.3) is 0 Å². The zero-order valence-electron chi connectivity index (χ0n) is 6.05. The molecule has 0 spiro atoms. The molecule has 54 valence electrons. The van der Waals surface area contributed by atoms with Gasteiger partial charge in [-0.1, -0.05) is 0 Å². The summed E-state index contributed by atoms with van der Waals surface area (Å²) in [5.41, 5.74) is 0. The highest BCUT2D eigenvalue weighted by Crippen LogP contribution is 2.00. The van der Waals surface area contributed by atoms with Crippen LogP contribution >= 0.6 is 0 Å². The Bertz CT molecular complexity index is 87.1. The predicted molar refractivity (Wildman–Crippen MR) is 35.7 cm³/mol. The summed E-state index contributed by atoms with van der Waals surface area (Å²) in [5.74, 6) is 0. The molecule has 1 saturated heterocycles. The molecule has 3 nitrogen and oxygen atoms in total. The predicted octanol–water partition coefficient (Wildman–Crippen LogP) is -0.602. The molecule has 3 heteroatoms. The van der Waals surface area contributed by atoms with Crippen molar-refractivity contribution in [1.29, 1.82) is 0 Å². The van der Waals surface area contributed by atoms with Gasteiger partial charge in [-0.2, -0.15) is 5.01 Å². The molecular weight excluding hydrogens is 116 g/mol. The van der Waals surface area contributed by atoms with E-state index in [2.05, 4.69) is 6.92 Å². The fourth-order valence-electron chi connectivity index (χ4n) is 1.37. The fourth-order valence-corrected chi connectivity index (χ4v) is 1.37. The SMILES string of the molecule is CCN1C(C)CC[NH+]1[O-]. The van der Waals surface area contributed by atoms with Crippen LogP contribution in [-0.2, 0) is 0 Å². The number of hydroxylamine groups is 1. The minimum atomic E-state index is 0.324. The third-order valence-electron chi connectivity index (χ3n) is 1.97. The maximum absolute atomic E-state index is 10.9. The van der Waals surface area contributed by atoms with Gasteiger partial charge < -0.3 is 5.21 Å². The van der Waals surface area contributed by atoms with Gasteiger partial charge in [0.1, 0.15) is 0 Å². The number of hydrogen-bond acceptors (Lipinski definition) is 2. The first-order valence-corrected chi connectivity index (χ1v) is 3.55. The first-order chi connectivity index (χ1) is 4.25. The molecule has 2 unspecified atom stereocenters. The van der Waals surface area contributed by atoms with E-state index in [4.69, 9.17) is 0 Å². The lowest BCUT2D eigenvalue weighted by Crippen LogP contribution is -3.11. The van der Waals surface area contributed by atoms with Gasteiger partial charge in [0.2, 0.25) is 0 Å². The molecule has 1 heterocycles. The van der Waals surface area contributed by atoms with Crippen LogP contribution in [0.2, 0.25) is 0 Å². The van der Waals surface area contributed by atoms with Crippen molar-refractivity contribution in [2.75, 3.05) is 13.1 Å². The molecule has 0 amide bonds. The van der Waals surface area contributed by atoms with E-state index in [0.717, 1.165) is 19.5 Å². The van der Waals surface area contributed by atoms with Crippen molar-refractivity contribution >= 4 is 0 Å². The van der Waals surface area contributed by atoms with Gasteiger partial charge in [0, 0.05) is 13.0 Å². The van der Waals surface area contributed by atoms with E-state index in [1.165, 1.54) is 0 Å². The standard InChI is InChI=1S/C6H14N2O/c1-3-7-6(2)4-5-8(7)9/h6,8H,3-5H2,1-2H3. The minimum absolute atomic E-state index is 0.324. The summed E-state index contributed by atoms with van der Waals surface area (Å²) in [6.45, 7) is 5.77. The molecule has 0 aromatic rings. The van der Waals surface area contributed by atoms with Gasteiger partial charge in [0.15, 0.2) is 0 Å². The molecule has 0 bridgehead atoms. The Morgan fingerprint density at radius 2 is 2.44 bits per heavy atom. The average Bonchev–Trinajstić information content (AvgIpc) is 2.12. The lowest BCUT2D eigenvalue weighted by Gasteiger charge is -2.27. The van der Waals surface area contributed by atoms with Gasteiger partial charge in [-0.3, -0.25) is 5.17 Å². The quantitative estimate of drug-likeness (QED) is 0.480. The molecule has 1 rings (SSSR count). The summed E-state index contributed by atoms with van der Waals surface area (Å²) < 4.78 is 0. The van der Waals surface area contributed by atoms with Crippen molar-refractivity contribution in [3.05, 3.63) is 5.21 Å². The zero-order chi connectivity index (χ0) is 6.85. The fraction of sp³-hybridized carbons (Fsp3) is 1.00. The van der Waals surface area contributed by atoms with Crippen LogP contribution in [0.1, 0.15) is 20.3 Å². The third kappa shape index (κ3) is 1.23. The second-order valence-electron chi connectivity index (χ2n) is 2.57. The van der Waals surface area contributed by atoms with Crippen molar-refractivity contribution < 1.29 is 5.17 Å². The topological polar surface area (TPSA) is 30.7 Å². The van der Waals surface area contributed by atoms with Crippen LogP contribution in [0.3, 0.4) is 0 Å². The molecule has 1 N–H and O–H groups in total. The van der Waals surface area contributed by atoms with E-state index < -0.39 is 0 Å². The molecule has 1 aliphatic heterocycles. The molecule has 9 heavy (non-hydrogen) atoms. The molecule has 0 saturated carbocycles. The molecule has 0 radical (unpaired) electrons. The summed E-state index contributed by atoms with van der Waals surface area (Å²) in [4.78, 5) is 0. The van der Waals surface area contributed by atoms with E-state index in [9.17, 15) is 5.21 Å². The number of nitrogens with zero attached hydrogens (tertiary/aromatic N) is 1. The normalized spacial score (nSPS) is 37.7. The van der Waals surface area contributed by atoms with Crippen molar-refractivity contribution in [1.82, 2.24) is 5.01 Å². The average molecular weight is 130 g/mol. The molecule has 1 fully saturated rings. The number of hydrogen-bond donors (Lipinski definition) is 1. The summed E-state index contributed by atoms with van der Waals surface area (Å²) in [6.07, 6.45) is 1.05. The van der Waals surface area contributed by atoms with E-state index in [-0.39, 0.29) is 0 Å². The van der Waals surface area contributed by atoms with E-state index in [1.807, 2.05) is 11.9 Å². The first kappa shape index (κ1) is 6.99. The van der Waals surface area contributed by atoms with Crippen LogP contribution in [0.15, 0.2) is 0 Å². The van der Waals surface area contributed by atoms with Crippen molar-refractivity contribution in [2.45, 2.75) is 26.3 Å².